The van der Waals surface area contributed by atoms with Crippen LogP contribution < -0.4 is 5.32 Å². The van der Waals surface area contributed by atoms with E-state index in [-0.39, 0.29) is 18.3 Å². The molecule has 1 aromatic carbocycles. The van der Waals surface area contributed by atoms with E-state index in [1.807, 2.05) is 0 Å². The number of benzene rings is 1. The Balaban J connectivity index is 1.72. The van der Waals surface area contributed by atoms with Gasteiger partial charge in [0.2, 0.25) is 0 Å². The van der Waals surface area contributed by atoms with E-state index in [1.54, 1.807) is 12.3 Å². The molecule has 21 heavy (non-hydrogen) atoms. The standard InChI is InChI=1S/C16H19FN2O2/c17-11-4-5-12-13(9-18-14(12)8-11)15(20)19-10-16(21)6-2-1-3-7-16/h4-5,8-9,18,21H,1-3,6-7,10H2,(H,19,20). The van der Waals surface area contributed by atoms with Crippen molar-refractivity contribution in [3.05, 3.63) is 35.8 Å². The van der Waals surface area contributed by atoms with Crippen LogP contribution in [0.1, 0.15) is 42.5 Å². The van der Waals surface area contributed by atoms with E-state index >= 15 is 0 Å². The van der Waals surface area contributed by atoms with Gasteiger partial charge < -0.3 is 15.4 Å². The van der Waals surface area contributed by atoms with Crippen LogP contribution in [0.3, 0.4) is 0 Å². The minimum atomic E-state index is -0.786. The van der Waals surface area contributed by atoms with Crippen molar-refractivity contribution < 1.29 is 14.3 Å². The zero-order chi connectivity index (χ0) is 14.9. The van der Waals surface area contributed by atoms with Gasteiger partial charge in [0, 0.05) is 23.6 Å². The molecule has 0 radical (unpaired) electrons. The van der Waals surface area contributed by atoms with Crippen LogP contribution in [0.5, 0.6) is 0 Å². The first-order valence-corrected chi connectivity index (χ1v) is 7.35. The maximum atomic E-state index is 13.1. The predicted octanol–water partition coefficient (Wildman–Crippen LogP) is 2.73. The lowest BCUT2D eigenvalue weighted by Gasteiger charge is -2.32. The molecule has 1 fully saturated rings. The molecule has 1 heterocycles. The Morgan fingerprint density at radius 3 is 2.86 bits per heavy atom. The number of carbonyl (C=O) groups excluding carboxylic acids is 1. The Morgan fingerprint density at radius 1 is 1.33 bits per heavy atom. The summed E-state index contributed by atoms with van der Waals surface area (Å²) in [5, 5.41) is 13.9. The molecule has 0 saturated heterocycles. The minimum absolute atomic E-state index is 0.244. The Bertz CT molecular complexity index is 659. The number of fused-ring (bicyclic) bond motifs is 1. The topological polar surface area (TPSA) is 65.1 Å². The third-order valence-corrected chi connectivity index (χ3v) is 4.25. The van der Waals surface area contributed by atoms with Gasteiger partial charge in [-0.3, -0.25) is 4.79 Å². The monoisotopic (exact) mass is 290 g/mol. The molecule has 1 aliphatic rings. The van der Waals surface area contributed by atoms with Crippen molar-refractivity contribution in [1.29, 1.82) is 0 Å². The highest BCUT2D eigenvalue weighted by molar-refractivity contribution is 6.06. The number of aliphatic hydroxyl groups is 1. The van der Waals surface area contributed by atoms with Crippen LogP contribution in [-0.2, 0) is 0 Å². The molecule has 2 aromatic rings. The van der Waals surface area contributed by atoms with Crippen LogP contribution in [0, 0.1) is 5.82 Å². The number of carbonyl (C=O) groups is 1. The van der Waals surface area contributed by atoms with E-state index < -0.39 is 5.60 Å². The van der Waals surface area contributed by atoms with Crippen LogP contribution in [-0.4, -0.2) is 28.1 Å². The number of nitrogens with one attached hydrogen (secondary N) is 2. The Labute approximate surface area is 122 Å². The van der Waals surface area contributed by atoms with Crippen molar-refractivity contribution in [2.45, 2.75) is 37.7 Å². The lowest BCUT2D eigenvalue weighted by atomic mass is 9.85. The zero-order valence-electron chi connectivity index (χ0n) is 11.8. The summed E-state index contributed by atoms with van der Waals surface area (Å²) < 4.78 is 13.1. The summed E-state index contributed by atoms with van der Waals surface area (Å²) in [5.74, 6) is -0.584. The highest BCUT2D eigenvalue weighted by atomic mass is 19.1. The van der Waals surface area contributed by atoms with Crippen LogP contribution in [0.4, 0.5) is 4.39 Å². The number of rotatable bonds is 3. The van der Waals surface area contributed by atoms with Gasteiger partial charge >= 0.3 is 0 Å². The van der Waals surface area contributed by atoms with Crippen molar-refractivity contribution in [3.8, 4) is 0 Å². The number of halogens is 1. The van der Waals surface area contributed by atoms with E-state index in [0.29, 0.717) is 16.5 Å². The molecular weight excluding hydrogens is 271 g/mol. The second-order valence-electron chi connectivity index (χ2n) is 5.86. The third kappa shape index (κ3) is 2.93. The molecule has 0 aliphatic heterocycles. The largest absolute Gasteiger partial charge is 0.388 e. The first-order valence-electron chi connectivity index (χ1n) is 7.35. The average molecular weight is 290 g/mol. The van der Waals surface area contributed by atoms with E-state index in [1.165, 1.54) is 12.1 Å². The van der Waals surface area contributed by atoms with Gasteiger partial charge in [-0.25, -0.2) is 4.39 Å². The number of hydrogen-bond donors (Lipinski definition) is 3. The number of amides is 1. The van der Waals surface area contributed by atoms with E-state index in [4.69, 9.17) is 0 Å². The Hall–Kier alpha value is -1.88. The van der Waals surface area contributed by atoms with Crippen molar-refractivity contribution in [1.82, 2.24) is 10.3 Å². The van der Waals surface area contributed by atoms with Gasteiger partial charge in [0.1, 0.15) is 5.82 Å². The van der Waals surface area contributed by atoms with Gasteiger partial charge in [-0.2, -0.15) is 0 Å². The summed E-state index contributed by atoms with van der Waals surface area (Å²) in [6.45, 7) is 0.264. The SMILES string of the molecule is O=C(NCC1(O)CCCCC1)c1c[nH]c2cc(F)ccc12. The molecule has 3 N–H and O–H groups in total. The van der Waals surface area contributed by atoms with Crippen LogP contribution in [0.25, 0.3) is 10.9 Å². The van der Waals surface area contributed by atoms with E-state index in [9.17, 15) is 14.3 Å². The van der Waals surface area contributed by atoms with Crippen LogP contribution in [0.2, 0.25) is 0 Å². The molecule has 112 valence electrons. The number of hydrogen-bond acceptors (Lipinski definition) is 2. The molecule has 5 heteroatoms. The smallest absolute Gasteiger partial charge is 0.253 e. The van der Waals surface area contributed by atoms with Gasteiger partial charge in [-0.15, -0.1) is 0 Å². The number of H-pyrrole nitrogens is 1. The fraction of sp³-hybridized carbons (Fsp3) is 0.438. The van der Waals surface area contributed by atoms with E-state index in [2.05, 4.69) is 10.3 Å². The summed E-state index contributed by atoms with van der Waals surface area (Å²) in [5.41, 5.74) is 0.285. The summed E-state index contributed by atoms with van der Waals surface area (Å²) in [7, 11) is 0. The molecule has 0 bridgehead atoms. The maximum absolute atomic E-state index is 13.1. The zero-order valence-corrected chi connectivity index (χ0v) is 11.8. The van der Waals surface area contributed by atoms with Gasteiger partial charge in [-0.05, 0) is 31.0 Å². The predicted molar refractivity (Wildman–Crippen MR) is 78.6 cm³/mol. The summed E-state index contributed by atoms with van der Waals surface area (Å²) in [6.07, 6.45) is 6.17. The second-order valence-corrected chi connectivity index (χ2v) is 5.86. The summed E-state index contributed by atoms with van der Waals surface area (Å²) >= 11 is 0. The van der Waals surface area contributed by atoms with Gasteiger partial charge in [0.15, 0.2) is 0 Å². The quantitative estimate of drug-likeness (QED) is 0.813. The first kappa shape index (κ1) is 14.1. The van der Waals surface area contributed by atoms with Gasteiger partial charge in [0.25, 0.3) is 5.91 Å². The Morgan fingerprint density at radius 2 is 2.10 bits per heavy atom. The molecule has 0 atom stereocenters. The molecule has 1 aromatic heterocycles. The fourth-order valence-electron chi connectivity index (χ4n) is 3.01. The lowest BCUT2D eigenvalue weighted by Crippen LogP contribution is -2.44. The van der Waals surface area contributed by atoms with Crippen molar-refractivity contribution in [3.63, 3.8) is 0 Å². The van der Waals surface area contributed by atoms with Crippen LogP contribution in [0.15, 0.2) is 24.4 Å². The number of aromatic nitrogens is 1. The number of aromatic amines is 1. The first-order chi connectivity index (χ1) is 10.1. The van der Waals surface area contributed by atoms with Crippen molar-refractivity contribution in [2.24, 2.45) is 0 Å². The molecule has 1 saturated carbocycles. The minimum Gasteiger partial charge on any atom is -0.388 e. The molecule has 1 aliphatic carbocycles. The van der Waals surface area contributed by atoms with Crippen molar-refractivity contribution in [2.75, 3.05) is 6.54 Å². The summed E-state index contributed by atoms with van der Waals surface area (Å²) in [4.78, 5) is 15.1. The highest BCUT2D eigenvalue weighted by Crippen LogP contribution is 2.27. The van der Waals surface area contributed by atoms with Gasteiger partial charge in [-0.1, -0.05) is 19.3 Å². The molecule has 4 nitrogen and oxygen atoms in total. The average Bonchev–Trinajstić information content (AvgIpc) is 2.88. The summed E-state index contributed by atoms with van der Waals surface area (Å²) in [6, 6.07) is 4.29. The Kier molecular flexibility index (Phi) is 3.68. The fourth-order valence-corrected chi connectivity index (χ4v) is 3.01. The highest BCUT2D eigenvalue weighted by Gasteiger charge is 2.29. The molecule has 3 rings (SSSR count). The second kappa shape index (κ2) is 5.48. The molecular formula is C16H19FN2O2. The molecule has 0 unspecified atom stereocenters. The normalized spacial score (nSPS) is 17.8. The van der Waals surface area contributed by atoms with E-state index in [0.717, 1.165) is 32.1 Å². The lowest BCUT2D eigenvalue weighted by molar-refractivity contribution is 0.00527. The van der Waals surface area contributed by atoms with Crippen LogP contribution >= 0.6 is 0 Å². The maximum Gasteiger partial charge on any atom is 0.253 e. The molecule has 0 spiro atoms. The van der Waals surface area contributed by atoms with Crippen molar-refractivity contribution >= 4 is 16.8 Å². The molecule has 1 amide bonds. The third-order valence-electron chi connectivity index (χ3n) is 4.25. The van der Waals surface area contributed by atoms with Gasteiger partial charge in [0.05, 0.1) is 11.2 Å².